The zero-order chi connectivity index (χ0) is 21.5. The summed E-state index contributed by atoms with van der Waals surface area (Å²) in [6.45, 7) is 5.68. The Morgan fingerprint density at radius 1 is 1.17 bits per heavy atom. The van der Waals surface area contributed by atoms with E-state index in [2.05, 4.69) is 24.1 Å². The average Bonchev–Trinajstić information content (AvgIpc) is 3.17. The van der Waals surface area contributed by atoms with Crippen LogP contribution >= 0.6 is 11.8 Å². The van der Waals surface area contributed by atoms with Crippen LogP contribution in [0.1, 0.15) is 30.6 Å². The maximum Gasteiger partial charge on any atom is 0.267 e. The molecule has 0 unspecified atom stereocenters. The van der Waals surface area contributed by atoms with E-state index in [-0.39, 0.29) is 16.0 Å². The Bertz CT molecular complexity index is 1120. The van der Waals surface area contributed by atoms with E-state index in [1.807, 2.05) is 0 Å². The van der Waals surface area contributed by atoms with Crippen LogP contribution in [0.4, 0.5) is 5.69 Å². The van der Waals surface area contributed by atoms with E-state index in [0.29, 0.717) is 42.3 Å². The van der Waals surface area contributed by atoms with Gasteiger partial charge < -0.3 is 5.32 Å². The van der Waals surface area contributed by atoms with E-state index in [1.165, 1.54) is 51.1 Å². The number of hydrogen-bond donors (Lipinski definition) is 1. The zero-order valence-corrected chi connectivity index (χ0v) is 18.5. The topological polar surface area (TPSA) is 101 Å². The fraction of sp³-hybridized carbons (Fsp3) is 0.450. The van der Waals surface area contributed by atoms with E-state index < -0.39 is 15.9 Å². The van der Waals surface area contributed by atoms with Crippen LogP contribution in [0.2, 0.25) is 0 Å². The second-order valence-corrected chi connectivity index (χ2v) is 11.0. The fourth-order valence-corrected chi connectivity index (χ4v) is 6.63. The van der Waals surface area contributed by atoms with Crippen LogP contribution in [-0.2, 0) is 16.6 Å². The minimum absolute atomic E-state index is 0.0331. The molecule has 160 valence electrons. The molecule has 0 spiro atoms. The Labute approximate surface area is 179 Å². The monoisotopic (exact) mass is 448 g/mol. The van der Waals surface area contributed by atoms with Gasteiger partial charge in [-0.1, -0.05) is 25.6 Å². The SMILES string of the molecule is C[C@@H]1C[C@@H](C)CN(S(=O)(=O)c2ccc(NC(=O)c3cnc4n(c3=O)CCS4)cc2)C1. The molecule has 1 N–H and O–H groups in total. The standard InChI is InChI=1S/C20H24N4O4S2/c1-13-9-14(2)12-23(11-13)30(27,28)16-5-3-15(4-6-16)22-18(25)17-10-21-20-24(19(17)26)7-8-29-20/h3-6,10,13-14H,7-9,11-12H2,1-2H3,(H,22,25)/t13-,14-/m1/s1. The Morgan fingerprint density at radius 3 is 2.50 bits per heavy atom. The predicted octanol–water partition coefficient (Wildman–Crippen LogP) is 2.27. The number of carbonyl (C=O) groups is 1. The van der Waals surface area contributed by atoms with Gasteiger partial charge in [-0.3, -0.25) is 14.2 Å². The lowest BCUT2D eigenvalue weighted by molar-refractivity contribution is 0.102. The van der Waals surface area contributed by atoms with Crippen molar-refractivity contribution in [1.82, 2.24) is 13.9 Å². The molecule has 8 nitrogen and oxygen atoms in total. The first-order valence-electron chi connectivity index (χ1n) is 9.90. The lowest BCUT2D eigenvalue weighted by Crippen LogP contribution is -2.42. The first kappa shape index (κ1) is 21.1. The van der Waals surface area contributed by atoms with Crippen LogP contribution in [-0.4, -0.2) is 47.0 Å². The molecule has 0 bridgehead atoms. The highest BCUT2D eigenvalue weighted by Crippen LogP contribution is 2.27. The summed E-state index contributed by atoms with van der Waals surface area (Å²) in [7, 11) is -3.58. The number of anilines is 1. The van der Waals surface area contributed by atoms with Gasteiger partial charge in [-0.25, -0.2) is 13.4 Å². The van der Waals surface area contributed by atoms with Gasteiger partial charge in [0.15, 0.2) is 5.16 Å². The summed E-state index contributed by atoms with van der Waals surface area (Å²) in [6.07, 6.45) is 2.31. The van der Waals surface area contributed by atoms with Crippen LogP contribution in [0.3, 0.4) is 0 Å². The summed E-state index contributed by atoms with van der Waals surface area (Å²) in [5, 5.41) is 3.27. The second-order valence-electron chi connectivity index (χ2n) is 8.01. The van der Waals surface area contributed by atoms with Gasteiger partial charge in [-0.15, -0.1) is 0 Å². The lowest BCUT2D eigenvalue weighted by atomic mass is 9.94. The van der Waals surface area contributed by atoms with Crippen molar-refractivity contribution in [1.29, 1.82) is 0 Å². The third kappa shape index (κ3) is 4.03. The first-order chi connectivity index (χ1) is 14.3. The van der Waals surface area contributed by atoms with Gasteiger partial charge in [0.25, 0.3) is 11.5 Å². The van der Waals surface area contributed by atoms with Crippen LogP contribution in [0.25, 0.3) is 0 Å². The molecule has 2 aliphatic rings. The van der Waals surface area contributed by atoms with Crippen LogP contribution in [0, 0.1) is 11.8 Å². The molecule has 0 saturated carbocycles. The maximum absolute atomic E-state index is 13.0. The highest BCUT2D eigenvalue weighted by Gasteiger charge is 2.31. The van der Waals surface area contributed by atoms with Crippen LogP contribution in [0.5, 0.6) is 0 Å². The molecular weight excluding hydrogens is 424 g/mol. The van der Waals surface area contributed by atoms with E-state index in [9.17, 15) is 18.0 Å². The summed E-state index contributed by atoms with van der Waals surface area (Å²) in [5.41, 5.74) is 0.0166. The number of fused-ring (bicyclic) bond motifs is 1. The van der Waals surface area contributed by atoms with Crippen LogP contribution in [0.15, 0.2) is 45.3 Å². The molecule has 1 saturated heterocycles. The number of carbonyl (C=O) groups excluding carboxylic acids is 1. The summed E-state index contributed by atoms with van der Waals surface area (Å²) >= 11 is 1.48. The molecule has 10 heteroatoms. The molecule has 2 atom stereocenters. The average molecular weight is 449 g/mol. The fourth-order valence-electron chi connectivity index (χ4n) is 4.03. The molecule has 1 amide bonds. The third-order valence-corrected chi connectivity index (χ3v) is 8.20. The molecule has 30 heavy (non-hydrogen) atoms. The molecule has 1 aromatic heterocycles. The molecule has 2 aliphatic heterocycles. The maximum atomic E-state index is 13.0. The summed E-state index contributed by atoms with van der Waals surface area (Å²) in [6, 6.07) is 6.05. The number of sulfonamides is 1. The minimum Gasteiger partial charge on any atom is -0.322 e. The van der Waals surface area contributed by atoms with Crippen molar-refractivity contribution in [3.05, 3.63) is 46.4 Å². The Kier molecular flexibility index (Phi) is 5.73. The first-order valence-corrected chi connectivity index (χ1v) is 12.3. The minimum atomic E-state index is -3.58. The molecule has 0 radical (unpaired) electrons. The van der Waals surface area contributed by atoms with E-state index >= 15 is 0 Å². The van der Waals surface area contributed by atoms with E-state index in [0.717, 1.165) is 12.2 Å². The Balaban J connectivity index is 1.50. The summed E-state index contributed by atoms with van der Waals surface area (Å²) in [4.78, 5) is 29.4. The highest BCUT2D eigenvalue weighted by molar-refractivity contribution is 7.99. The molecule has 1 aromatic carbocycles. The van der Waals surface area contributed by atoms with Gasteiger partial charge in [-0.05, 0) is 42.5 Å². The highest BCUT2D eigenvalue weighted by atomic mass is 32.2. The number of benzene rings is 1. The van der Waals surface area contributed by atoms with Crippen molar-refractivity contribution < 1.29 is 13.2 Å². The second kappa shape index (κ2) is 8.16. The van der Waals surface area contributed by atoms with Crippen molar-refractivity contribution in [2.45, 2.75) is 36.9 Å². The number of aromatic nitrogens is 2. The van der Waals surface area contributed by atoms with Crippen molar-refractivity contribution in [3.63, 3.8) is 0 Å². The Hall–Kier alpha value is -2.17. The summed E-state index contributed by atoms with van der Waals surface area (Å²) < 4.78 is 29.0. The van der Waals surface area contributed by atoms with Crippen molar-refractivity contribution in [2.24, 2.45) is 11.8 Å². The number of rotatable bonds is 4. The molecule has 0 aliphatic carbocycles. The summed E-state index contributed by atoms with van der Waals surface area (Å²) in [5.74, 6) is 0.841. The molecule has 2 aromatic rings. The number of amides is 1. The Morgan fingerprint density at radius 2 is 1.83 bits per heavy atom. The predicted molar refractivity (Wildman–Crippen MR) is 115 cm³/mol. The number of nitrogens with zero attached hydrogens (tertiary/aromatic N) is 3. The van der Waals surface area contributed by atoms with Crippen molar-refractivity contribution in [3.8, 4) is 0 Å². The van der Waals surface area contributed by atoms with Gasteiger partial charge in [0.2, 0.25) is 10.0 Å². The van der Waals surface area contributed by atoms with Crippen molar-refractivity contribution >= 4 is 33.4 Å². The van der Waals surface area contributed by atoms with Crippen molar-refractivity contribution in [2.75, 3.05) is 24.2 Å². The molecular formula is C20H24N4O4S2. The quantitative estimate of drug-likeness (QED) is 0.720. The number of nitrogens with one attached hydrogen (secondary N) is 1. The zero-order valence-electron chi connectivity index (χ0n) is 16.9. The van der Waals surface area contributed by atoms with Gasteiger partial charge in [-0.2, -0.15) is 4.31 Å². The molecule has 4 rings (SSSR count). The lowest BCUT2D eigenvalue weighted by Gasteiger charge is -2.34. The molecule has 3 heterocycles. The molecule has 1 fully saturated rings. The largest absolute Gasteiger partial charge is 0.322 e. The van der Waals surface area contributed by atoms with Gasteiger partial charge in [0, 0.05) is 37.3 Å². The van der Waals surface area contributed by atoms with Crippen LogP contribution < -0.4 is 10.9 Å². The number of thioether (sulfide) groups is 1. The van der Waals surface area contributed by atoms with Gasteiger partial charge in [0.1, 0.15) is 5.56 Å². The number of piperidine rings is 1. The number of hydrogen-bond acceptors (Lipinski definition) is 6. The smallest absolute Gasteiger partial charge is 0.267 e. The van der Waals surface area contributed by atoms with Gasteiger partial charge >= 0.3 is 0 Å². The van der Waals surface area contributed by atoms with E-state index in [4.69, 9.17) is 0 Å². The van der Waals surface area contributed by atoms with Gasteiger partial charge in [0.05, 0.1) is 4.90 Å². The van der Waals surface area contributed by atoms with E-state index in [1.54, 1.807) is 0 Å². The normalized spacial score (nSPS) is 21.9. The third-order valence-electron chi connectivity index (χ3n) is 5.39.